The normalized spacial score (nSPS) is 11.4. The molecule has 0 amide bonds. The summed E-state index contributed by atoms with van der Waals surface area (Å²) < 4.78 is 5.83. The summed E-state index contributed by atoms with van der Waals surface area (Å²) in [5, 5.41) is 3.39. The third-order valence-corrected chi connectivity index (χ3v) is 3.27. The first-order chi connectivity index (χ1) is 9.21. The second-order valence-electron chi connectivity index (χ2n) is 5.25. The predicted octanol–water partition coefficient (Wildman–Crippen LogP) is 3.71. The second-order valence-corrected chi connectivity index (χ2v) is 5.25. The highest BCUT2D eigenvalue weighted by atomic mass is 16.3. The number of furan rings is 1. The van der Waals surface area contributed by atoms with E-state index in [-0.39, 0.29) is 0 Å². The molecule has 19 heavy (non-hydrogen) atoms. The Hall–Kier alpha value is -0.800. The minimum Gasteiger partial charge on any atom is -0.465 e. The van der Waals surface area contributed by atoms with Crippen LogP contribution in [0.15, 0.2) is 10.5 Å². The molecule has 1 N–H and O–H groups in total. The summed E-state index contributed by atoms with van der Waals surface area (Å²) in [4.78, 5) is 2.51. The van der Waals surface area contributed by atoms with E-state index in [1.807, 2.05) is 0 Å². The summed E-state index contributed by atoms with van der Waals surface area (Å²) in [6.07, 6.45) is 3.58. The lowest BCUT2D eigenvalue weighted by Crippen LogP contribution is -2.24. The van der Waals surface area contributed by atoms with Crippen LogP contribution >= 0.6 is 0 Å². The van der Waals surface area contributed by atoms with Gasteiger partial charge in [0.2, 0.25) is 0 Å². The predicted molar refractivity (Wildman–Crippen MR) is 81.3 cm³/mol. The van der Waals surface area contributed by atoms with E-state index >= 15 is 0 Å². The van der Waals surface area contributed by atoms with Crippen molar-refractivity contribution in [2.75, 3.05) is 19.6 Å². The topological polar surface area (TPSA) is 28.4 Å². The Morgan fingerprint density at radius 1 is 1.11 bits per heavy atom. The van der Waals surface area contributed by atoms with Crippen molar-refractivity contribution in [3.63, 3.8) is 0 Å². The molecule has 110 valence electrons. The van der Waals surface area contributed by atoms with E-state index in [0.29, 0.717) is 0 Å². The molecule has 0 aromatic carbocycles. The zero-order valence-electron chi connectivity index (χ0n) is 13.1. The van der Waals surface area contributed by atoms with Crippen molar-refractivity contribution in [1.29, 1.82) is 0 Å². The van der Waals surface area contributed by atoms with E-state index in [1.165, 1.54) is 31.5 Å². The maximum Gasteiger partial charge on any atom is 0.118 e. The van der Waals surface area contributed by atoms with Gasteiger partial charge in [-0.2, -0.15) is 0 Å². The Morgan fingerprint density at radius 2 is 1.79 bits per heavy atom. The number of hydrogen-bond acceptors (Lipinski definition) is 3. The molecule has 3 heteroatoms. The molecule has 0 aliphatic carbocycles. The van der Waals surface area contributed by atoms with Crippen LogP contribution in [0.1, 0.15) is 57.1 Å². The molecule has 0 radical (unpaired) electrons. The maximum atomic E-state index is 5.83. The van der Waals surface area contributed by atoms with E-state index in [2.05, 4.69) is 44.0 Å². The van der Waals surface area contributed by atoms with Crippen LogP contribution < -0.4 is 5.32 Å². The van der Waals surface area contributed by atoms with Gasteiger partial charge < -0.3 is 9.73 Å². The van der Waals surface area contributed by atoms with Crippen LogP contribution in [0.5, 0.6) is 0 Å². The van der Waals surface area contributed by atoms with Crippen LogP contribution in [0.3, 0.4) is 0 Å². The van der Waals surface area contributed by atoms with Crippen molar-refractivity contribution in [1.82, 2.24) is 10.2 Å². The van der Waals surface area contributed by atoms with Gasteiger partial charge in [-0.05, 0) is 51.9 Å². The van der Waals surface area contributed by atoms with Crippen molar-refractivity contribution < 1.29 is 4.42 Å². The van der Waals surface area contributed by atoms with Gasteiger partial charge in [-0.1, -0.05) is 20.8 Å². The molecule has 1 aromatic heterocycles. The Bertz CT molecular complexity index is 341. The molecular weight excluding hydrogens is 236 g/mol. The largest absolute Gasteiger partial charge is 0.465 e. The van der Waals surface area contributed by atoms with E-state index in [4.69, 9.17) is 4.42 Å². The minimum absolute atomic E-state index is 0.843. The highest BCUT2D eigenvalue weighted by Crippen LogP contribution is 2.17. The van der Waals surface area contributed by atoms with Gasteiger partial charge in [0.1, 0.15) is 11.5 Å². The SMILES string of the molecule is CCCNCc1cc(CN(CCC)CCC)c(C)o1. The van der Waals surface area contributed by atoms with E-state index in [9.17, 15) is 0 Å². The van der Waals surface area contributed by atoms with E-state index in [0.717, 1.165) is 37.6 Å². The summed E-state index contributed by atoms with van der Waals surface area (Å²) >= 11 is 0. The van der Waals surface area contributed by atoms with Crippen LogP contribution in [0.25, 0.3) is 0 Å². The third-order valence-electron chi connectivity index (χ3n) is 3.27. The molecule has 0 spiro atoms. The van der Waals surface area contributed by atoms with E-state index < -0.39 is 0 Å². The molecule has 0 atom stereocenters. The minimum atomic E-state index is 0.843. The van der Waals surface area contributed by atoms with Gasteiger partial charge in [-0.25, -0.2) is 0 Å². The van der Waals surface area contributed by atoms with Crippen LogP contribution in [0, 0.1) is 6.92 Å². The third kappa shape index (κ3) is 5.79. The molecule has 1 rings (SSSR count). The highest BCUT2D eigenvalue weighted by Gasteiger charge is 2.11. The number of nitrogens with zero attached hydrogens (tertiary/aromatic N) is 1. The highest BCUT2D eigenvalue weighted by molar-refractivity contribution is 5.20. The summed E-state index contributed by atoms with van der Waals surface area (Å²) in [7, 11) is 0. The molecule has 0 bridgehead atoms. The second kappa shape index (κ2) is 9.16. The van der Waals surface area contributed by atoms with Gasteiger partial charge >= 0.3 is 0 Å². The quantitative estimate of drug-likeness (QED) is 0.654. The fourth-order valence-corrected chi connectivity index (χ4v) is 2.36. The molecule has 0 aliphatic rings. The molecule has 3 nitrogen and oxygen atoms in total. The molecule has 1 aromatic rings. The van der Waals surface area contributed by atoms with Crippen molar-refractivity contribution in [2.45, 2.75) is 60.0 Å². The van der Waals surface area contributed by atoms with Gasteiger partial charge in [0.05, 0.1) is 6.54 Å². The zero-order chi connectivity index (χ0) is 14.1. The molecule has 0 fully saturated rings. The summed E-state index contributed by atoms with van der Waals surface area (Å²) in [6, 6.07) is 2.22. The van der Waals surface area contributed by atoms with Crippen molar-refractivity contribution >= 4 is 0 Å². The Labute approximate surface area is 118 Å². The maximum absolute atomic E-state index is 5.83. The Kier molecular flexibility index (Phi) is 7.84. The molecule has 1 heterocycles. The summed E-state index contributed by atoms with van der Waals surface area (Å²) in [5.74, 6) is 2.14. The zero-order valence-corrected chi connectivity index (χ0v) is 13.1. The molecule has 0 saturated heterocycles. The monoisotopic (exact) mass is 266 g/mol. The van der Waals surface area contributed by atoms with Crippen LogP contribution in [-0.2, 0) is 13.1 Å². The van der Waals surface area contributed by atoms with Crippen LogP contribution in [-0.4, -0.2) is 24.5 Å². The first kappa shape index (κ1) is 16.3. The van der Waals surface area contributed by atoms with Crippen molar-refractivity contribution in [3.05, 3.63) is 23.2 Å². The van der Waals surface area contributed by atoms with Gasteiger partial charge in [0.15, 0.2) is 0 Å². The van der Waals surface area contributed by atoms with Gasteiger partial charge in [0, 0.05) is 12.1 Å². The van der Waals surface area contributed by atoms with Crippen LogP contribution in [0.2, 0.25) is 0 Å². The van der Waals surface area contributed by atoms with Crippen molar-refractivity contribution in [2.24, 2.45) is 0 Å². The number of hydrogen-bond donors (Lipinski definition) is 1. The summed E-state index contributed by atoms with van der Waals surface area (Å²) in [5.41, 5.74) is 1.34. The van der Waals surface area contributed by atoms with Gasteiger partial charge in [-0.3, -0.25) is 4.90 Å². The first-order valence-corrected chi connectivity index (χ1v) is 7.72. The lowest BCUT2D eigenvalue weighted by atomic mass is 10.2. The van der Waals surface area contributed by atoms with Gasteiger partial charge in [0.25, 0.3) is 0 Å². The first-order valence-electron chi connectivity index (χ1n) is 7.72. The van der Waals surface area contributed by atoms with Crippen LogP contribution in [0.4, 0.5) is 0 Å². The lowest BCUT2D eigenvalue weighted by molar-refractivity contribution is 0.265. The molecule has 0 saturated carbocycles. The molecule has 0 aliphatic heterocycles. The van der Waals surface area contributed by atoms with Crippen molar-refractivity contribution in [3.8, 4) is 0 Å². The lowest BCUT2D eigenvalue weighted by Gasteiger charge is -2.20. The number of nitrogens with one attached hydrogen (secondary N) is 1. The van der Waals surface area contributed by atoms with Gasteiger partial charge in [-0.15, -0.1) is 0 Å². The average Bonchev–Trinajstić information content (AvgIpc) is 2.71. The number of aryl methyl sites for hydroxylation is 1. The Balaban J connectivity index is 2.56. The number of rotatable bonds is 10. The standard InChI is InChI=1S/C16H30N2O/c1-5-8-17-12-16-11-15(14(4)19-16)13-18(9-6-2)10-7-3/h11,17H,5-10,12-13H2,1-4H3. The molecule has 0 unspecified atom stereocenters. The van der Waals surface area contributed by atoms with E-state index in [1.54, 1.807) is 0 Å². The smallest absolute Gasteiger partial charge is 0.118 e. The summed E-state index contributed by atoms with van der Waals surface area (Å²) in [6.45, 7) is 14.0. The molecular formula is C16H30N2O. The Morgan fingerprint density at radius 3 is 2.37 bits per heavy atom. The fraction of sp³-hybridized carbons (Fsp3) is 0.750. The average molecular weight is 266 g/mol. The fourth-order valence-electron chi connectivity index (χ4n) is 2.36.